The topological polar surface area (TPSA) is 55.4 Å². The zero-order chi connectivity index (χ0) is 22.4. The van der Waals surface area contributed by atoms with Crippen molar-refractivity contribution in [2.75, 3.05) is 18.8 Å². The fraction of sp³-hybridized carbons (Fsp3) is 0.375. The molecule has 2 aromatic carbocycles. The molecule has 7 heteroatoms. The lowest BCUT2D eigenvalue weighted by Crippen LogP contribution is -2.29. The van der Waals surface area contributed by atoms with Gasteiger partial charge in [-0.05, 0) is 85.5 Å². The lowest BCUT2D eigenvalue weighted by atomic mass is 10.0. The third-order valence-corrected chi connectivity index (χ3v) is 7.50. The van der Waals surface area contributed by atoms with Gasteiger partial charge in [0.1, 0.15) is 5.75 Å². The molecule has 1 amide bonds. The summed E-state index contributed by atoms with van der Waals surface area (Å²) in [5.41, 5.74) is 3.10. The van der Waals surface area contributed by atoms with Crippen molar-refractivity contribution >= 4 is 46.4 Å². The maximum absolute atomic E-state index is 12.9. The van der Waals surface area contributed by atoms with Crippen LogP contribution in [-0.4, -0.2) is 34.2 Å². The number of nitrogens with one attached hydrogen (secondary N) is 1. The highest BCUT2D eigenvalue weighted by molar-refractivity contribution is 7.91. The first kappa shape index (κ1) is 24.1. The Morgan fingerprint density at radius 2 is 1.97 bits per heavy atom. The molecule has 0 spiro atoms. The first-order valence-corrected chi connectivity index (χ1v) is 12.6. The SMILES string of the molecule is C=Cc1cc(C(=O)NCc2cc(Cl)ccc2[S+]([O-])CC)cc(Cl)c1CN1CCCCC1. The van der Waals surface area contributed by atoms with Gasteiger partial charge in [0.05, 0.1) is 0 Å². The maximum atomic E-state index is 12.9. The van der Waals surface area contributed by atoms with Gasteiger partial charge in [0.25, 0.3) is 5.91 Å². The molecule has 0 aromatic heterocycles. The van der Waals surface area contributed by atoms with Gasteiger partial charge in [-0.3, -0.25) is 9.69 Å². The lowest BCUT2D eigenvalue weighted by molar-refractivity contribution is 0.0950. The molecule has 3 rings (SSSR count). The van der Waals surface area contributed by atoms with Crippen LogP contribution in [0, 0.1) is 0 Å². The molecule has 1 atom stereocenters. The van der Waals surface area contributed by atoms with Gasteiger partial charge < -0.3 is 9.87 Å². The van der Waals surface area contributed by atoms with Crippen LogP contribution in [0.4, 0.5) is 0 Å². The van der Waals surface area contributed by atoms with Crippen LogP contribution in [0.15, 0.2) is 41.8 Å². The molecule has 1 aliphatic heterocycles. The highest BCUT2D eigenvalue weighted by atomic mass is 35.5. The van der Waals surface area contributed by atoms with E-state index in [2.05, 4.69) is 16.8 Å². The third kappa shape index (κ3) is 6.27. The lowest BCUT2D eigenvalue weighted by Gasteiger charge is -2.27. The van der Waals surface area contributed by atoms with Crippen LogP contribution in [0.3, 0.4) is 0 Å². The molecule has 1 aliphatic rings. The highest BCUT2D eigenvalue weighted by Crippen LogP contribution is 2.27. The van der Waals surface area contributed by atoms with E-state index in [9.17, 15) is 9.35 Å². The van der Waals surface area contributed by atoms with Crippen LogP contribution < -0.4 is 5.32 Å². The van der Waals surface area contributed by atoms with Crippen molar-refractivity contribution in [1.29, 1.82) is 0 Å². The first-order chi connectivity index (χ1) is 14.9. The number of amides is 1. The smallest absolute Gasteiger partial charge is 0.251 e. The van der Waals surface area contributed by atoms with E-state index >= 15 is 0 Å². The molecule has 0 aliphatic carbocycles. The minimum absolute atomic E-state index is 0.233. The van der Waals surface area contributed by atoms with Crippen molar-refractivity contribution in [1.82, 2.24) is 10.2 Å². The van der Waals surface area contributed by atoms with Crippen molar-refractivity contribution in [3.8, 4) is 0 Å². The van der Waals surface area contributed by atoms with E-state index < -0.39 is 11.2 Å². The van der Waals surface area contributed by atoms with Crippen LogP contribution in [0.5, 0.6) is 0 Å². The fourth-order valence-corrected chi connectivity index (χ4v) is 5.26. The van der Waals surface area contributed by atoms with Crippen molar-refractivity contribution in [2.45, 2.75) is 44.2 Å². The molecule has 1 unspecified atom stereocenters. The normalized spacial score (nSPS) is 15.5. The quantitative estimate of drug-likeness (QED) is 0.496. The molecule has 4 nitrogen and oxygen atoms in total. The molecule has 0 saturated carbocycles. The summed E-state index contributed by atoms with van der Waals surface area (Å²) in [6.07, 6.45) is 5.44. The number of rotatable bonds is 8. The van der Waals surface area contributed by atoms with E-state index in [4.69, 9.17) is 23.2 Å². The molecular formula is C24H28Cl2N2O2S. The van der Waals surface area contributed by atoms with Crippen LogP contribution >= 0.6 is 23.2 Å². The second-order valence-electron chi connectivity index (χ2n) is 7.64. The van der Waals surface area contributed by atoms with Gasteiger partial charge in [-0.25, -0.2) is 0 Å². The molecule has 0 bridgehead atoms. The summed E-state index contributed by atoms with van der Waals surface area (Å²) < 4.78 is 12.3. The Morgan fingerprint density at radius 3 is 2.65 bits per heavy atom. The molecule has 1 heterocycles. The zero-order valence-corrected chi connectivity index (χ0v) is 20.1. The molecule has 1 N–H and O–H groups in total. The largest absolute Gasteiger partial charge is 0.611 e. The standard InChI is InChI=1S/C24H28Cl2N2O2S/c1-3-17-12-18(14-22(26)21(17)16-28-10-6-5-7-11-28)24(29)27-15-19-13-20(25)8-9-23(19)31(30)4-2/h3,8-9,12-14H,1,4-7,10-11,15-16H2,2H3,(H,27,29). The van der Waals surface area contributed by atoms with E-state index in [1.807, 2.05) is 13.0 Å². The van der Waals surface area contributed by atoms with Gasteiger partial charge in [-0.1, -0.05) is 42.3 Å². The number of carbonyl (C=O) groups is 1. The predicted molar refractivity (Wildman–Crippen MR) is 130 cm³/mol. The van der Waals surface area contributed by atoms with Crippen LogP contribution in [-0.2, 0) is 24.3 Å². The van der Waals surface area contributed by atoms with Crippen LogP contribution in [0.2, 0.25) is 10.0 Å². The fourth-order valence-electron chi connectivity index (χ4n) is 3.82. The monoisotopic (exact) mass is 478 g/mol. The summed E-state index contributed by atoms with van der Waals surface area (Å²) in [6.45, 7) is 8.90. The summed E-state index contributed by atoms with van der Waals surface area (Å²) in [6, 6.07) is 8.76. The second kappa shape index (κ2) is 11.4. The number of carbonyl (C=O) groups excluding carboxylic acids is 1. The second-order valence-corrected chi connectivity index (χ2v) is 10.2. The Kier molecular flexibility index (Phi) is 8.87. The third-order valence-electron chi connectivity index (χ3n) is 5.51. The summed E-state index contributed by atoms with van der Waals surface area (Å²) in [4.78, 5) is 15.9. The molecule has 0 radical (unpaired) electrons. The Hall–Kier alpha value is -1.50. The maximum Gasteiger partial charge on any atom is 0.251 e. The first-order valence-electron chi connectivity index (χ1n) is 10.5. The van der Waals surface area contributed by atoms with Crippen LogP contribution in [0.25, 0.3) is 6.08 Å². The van der Waals surface area contributed by atoms with Crippen molar-refractivity contribution in [3.63, 3.8) is 0 Å². The number of hydrogen-bond donors (Lipinski definition) is 1. The Labute approximate surface area is 197 Å². The van der Waals surface area contributed by atoms with Crippen LogP contribution in [0.1, 0.15) is 53.2 Å². The van der Waals surface area contributed by atoms with Crippen molar-refractivity contribution in [3.05, 3.63) is 69.2 Å². The van der Waals surface area contributed by atoms with E-state index in [-0.39, 0.29) is 12.5 Å². The molecule has 2 aromatic rings. The summed E-state index contributed by atoms with van der Waals surface area (Å²) >= 11 is 11.6. The van der Waals surface area contributed by atoms with Crippen molar-refractivity contribution in [2.24, 2.45) is 0 Å². The molecule has 166 valence electrons. The number of nitrogens with zero attached hydrogens (tertiary/aromatic N) is 1. The Morgan fingerprint density at radius 1 is 1.23 bits per heavy atom. The number of benzene rings is 2. The van der Waals surface area contributed by atoms with Gasteiger partial charge in [-0.2, -0.15) is 0 Å². The van der Waals surface area contributed by atoms with E-state index in [1.165, 1.54) is 19.3 Å². The molecular weight excluding hydrogens is 451 g/mol. The van der Waals surface area contributed by atoms with E-state index in [1.54, 1.807) is 30.3 Å². The average molecular weight is 479 g/mol. The van der Waals surface area contributed by atoms with Gasteiger partial charge >= 0.3 is 0 Å². The van der Waals surface area contributed by atoms with Gasteiger partial charge in [0, 0.05) is 34.3 Å². The number of likely N-dealkylation sites (tertiary alicyclic amines) is 1. The predicted octanol–water partition coefficient (Wildman–Crippen LogP) is 5.68. The Balaban J connectivity index is 1.76. The van der Waals surface area contributed by atoms with Crippen molar-refractivity contribution < 1.29 is 9.35 Å². The summed E-state index contributed by atoms with van der Waals surface area (Å²) in [7, 11) is 0. The van der Waals surface area contributed by atoms with E-state index in [0.717, 1.165) is 36.3 Å². The number of halogens is 2. The highest BCUT2D eigenvalue weighted by Gasteiger charge is 2.19. The van der Waals surface area contributed by atoms with Gasteiger partial charge in [0.2, 0.25) is 0 Å². The molecule has 31 heavy (non-hydrogen) atoms. The summed E-state index contributed by atoms with van der Waals surface area (Å²) in [5.74, 6) is 0.252. The zero-order valence-electron chi connectivity index (χ0n) is 17.8. The number of hydrogen-bond acceptors (Lipinski definition) is 3. The minimum atomic E-state index is -1.13. The van der Waals surface area contributed by atoms with Gasteiger partial charge in [-0.15, -0.1) is 0 Å². The Bertz CT molecular complexity index is 945. The van der Waals surface area contributed by atoms with E-state index in [0.29, 0.717) is 26.3 Å². The van der Waals surface area contributed by atoms with Gasteiger partial charge in [0.15, 0.2) is 4.90 Å². The molecule has 1 saturated heterocycles. The average Bonchev–Trinajstić information content (AvgIpc) is 2.78. The summed E-state index contributed by atoms with van der Waals surface area (Å²) in [5, 5.41) is 4.02. The molecule has 1 fully saturated rings. The minimum Gasteiger partial charge on any atom is -0.611 e. The number of piperidine rings is 1.